The van der Waals surface area contributed by atoms with Crippen molar-refractivity contribution in [1.29, 1.82) is 0 Å². The normalized spacial score (nSPS) is 14.9. The molecule has 0 radical (unpaired) electrons. The van der Waals surface area contributed by atoms with E-state index in [-0.39, 0.29) is 5.91 Å². The highest BCUT2D eigenvalue weighted by Crippen LogP contribution is 2.26. The molecule has 1 fully saturated rings. The summed E-state index contributed by atoms with van der Waals surface area (Å²) in [6.07, 6.45) is 5.79. The van der Waals surface area contributed by atoms with Crippen molar-refractivity contribution in [3.8, 4) is 0 Å². The lowest BCUT2D eigenvalue weighted by atomic mass is 9.95. The average Bonchev–Trinajstić information content (AvgIpc) is 2.47. The summed E-state index contributed by atoms with van der Waals surface area (Å²) < 4.78 is 0. The third-order valence-electron chi connectivity index (χ3n) is 3.54. The molecule has 0 spiro atoms. The van der Waals surface area contributed by atoms with E-state index in [1.54, 1.807) is 18.6 Å². The number of rotatable bonds is 3. The van der Waals surface area contributed by atoms with E-state index in [1.807, 2.05) is 30.0 Å². The standard InChI is InChI=1S/C15H16N4O/c1-2-14-17-7-11(8-18-14)15(20)19-9-12(10-19)13-5-3-4-6-16-13/h3-8,12H,2,9-10H2,1H3. The van der Waals surface area contributed by atoms with Crippen molar-refractivity contribution in [2.24, 2.45) is 0 Å². The fourth-order valence-corrected chi connectivity index (χ4v) is 2.28. The molecule has 0 bridgehead atoms. The van der Waals surface area contributed by atoms with Gasteiger partial charge in [-0.15, -0.1) is 0 Å². The molecule has 0 atom stereocenters. The van der Waals surface area contributed by atoms with Crippen LogP contribution in [0.25, 0.3) is 0 Å². The van der Waals surface area contributed by atoms with Crippen LogP contribution in [0, 0.1) is 0 Å². The van der Waals surface area contributed by atoms with Gasteiger partial charge in [0.15, 0.2) is 0 Å². The smallest absolute Gasteiger partial charge is 0.257 e. The number of likely N-dealkylation sites (tertiary alicyclic amines) is 1. The molecule has 2 aromatic rings. The first-order chi connectivity index (χ1) is 9.78. The number of carbonyl (C=O) groups is 1. The topological polar surface area (TPSA) is 59.0 Å². The van der Waals surface area contributed by atoms with E-state index in [1.165, 1.54) is 0 Å². The lowest BCUT2D eigenvalue weighted by Crippen LogP contribution is -2.48. The second-order valence-electron chi connectivity index (χ2n) is 4.90. The van der Waals surface area contributed by atoms with Gasteiger partial charge in [0.05, 0.1) is 5.56 Å². The molecule has 1 aliphatic rings. The Balaban J connectivity index is 1.63. The first kappa shape index (κ1) is 12.7. The summed E-state index contributed by atoms with van der Waals surface area (Å²) in [5.41, 5.74) is 1.61. The van der Waals surface area contributed by atoms with Gasteiger partial charge in [-0.3, -0.25) is 9.78 Å². The van der Waals surface area contributed by atoms with Crippen molar-refractivity contribution in [3.05, 3.63) is 53.9 Å². The van der Waals surface area contributed by atoms with Gasteiger partial charge in [0.2, 0.25) is 0 Å². The number of carbonyl (C=O) groups excluding carboxylic acids is 1. The van der Waals surface area contributed by atoms with Crippen molar-refractivity contribution in [3.63, 3.8) is 0 Å². The zero-order valence-corrected chi connectivity index (χ0v) is 11.4. The molecule has 102 valence electrons. The first-order valence-electron chi connectivity index (χ1n) is 6.79. The number of amides is 1. The van der Waals surface area contributed by atoms with Gasteiger partial charge in [-0.25, -0.2) is 9.97 Å². The molecule has 1 saturated heterocycles. The summed E-state index contributed by atoms with van der Waals surface area (Å²) in [7, 11) is 0. The van der Waals surface area contributed by atoms with Crippen molar-refractivity contribution >= 4 is 5.91 Å². The average molecular weight is 268 g/mol. The molecule has 1 aliphatic heterocycles. The Labute approximate surface area is 117 Å². The molecular weight excluding hydrogens is 252 g/mol. The molecule has 3 heterocycles. The van der Waals surface area contributed by atoms with Gasteiger partial charge in [0, 0.05) is 49.7 Å². The summed E-state index contributed by atoms with van der Waals surface area (Å²) in [6, 6.07) is 5.88. The highest BCUT2D eigenvalue weighted by Gasteiger charge is 2.33. The largest absolute Gasteiger partial charge is 0.337 e. The summed E-state index contributed by atoms with van der Waals surface area (Å²) >= 11 is 0. The Hall–Kier alpha value is -2.30. The van der Waals surface area contributed by atoms with Gasteiger partial charge < -0.3 is 4.90 Å². The predicted octanol–water partition coefficient (Wildman–Crippen LogP) is 1.67. The fraction of sp³-hybridized carbons (Fsp3) is 0.333. The highest BCUT2D eigenvalue weighted by molar-refractivity contribution is 5.94. The molecule has 1 amide bonds. The number of pyridine rings is 1. The minimum absolute atomic E-state index is 0.000154. The van der Waals surface area contributed by atoms with Crippen LogP contribution in [0.5, 0.6) is 0 Å². The van der Waals surface area contributed by atoms with Gasteiger partial charge >= 0.3 is 0 Å². The second kappa shape index (κ2) is 5.36. The minimum atomic E-state index is -0.000154. The quantitative estimate of drug-likeness (QED) is 0.849. The molecule has 0 saturated carbocycles. The molecule has 5 nitrogen and oxygen atoms in total. The monoisotopic (exact) mass is 268 g/mol. The van der Waals surface area contributed by atoms with Crippen molar-refractivity contribution < 1.29 is 4.79 Å². The Morgan fingerprint density at radius 1 is 1.25 bits per heavy atom. The first-order valence-corrected chi connectivity index (χ1v) is 6.79. The van der Waals surface area contributed by atoms with E-state index in [9.17, 15) is 4.79 Å². The summed E-state index contributed by atoms with van der Waals surface area (Å²) in [4.78, 5) is 26.7. The minimum Gasteiger partial charge on any atom is -0.337 e. The maximum Gasteiger partial charge on any atom is 0.257 e. The lowest BCUT2D eigenvalue weighted by Gasteiger charge is -2.38. The van der Waals surface area contributed by atoms with Crippen LogP contribution in [0.1, 0.15) is 34.7 Å². The molecule has 5 heteroatoms. The second-order valence-corrected chi connectivity index (χ2v) is 4.90. The van der Waals surface area contributed by atoms with Crippen molar-refractivity contribution in [2.75, 3.05) is 13.1 Å². The number of nitrogens with zero attached hydrogens (tertiary/aromatic N) is 4. The molecule has 2 aromatic heterocycles. The fourth-order valence-electron chi connectivity index (χ4n) is 2.28. The Morgan fingerprint density at radius 3 is 2.60 bits per heavy atom. The highest BCUT2D eigenvalue weighted by atomic mass is 16.2. The molecule has 0 unspecified atom stereocenters. The van der Waals surface area contributed by atoms with E-state index in [0.717, 1.165) is 17.9 Å². The Kier molecular flexibility index (Phi) is 3.41. The van der Waals surface area contributed by atoms with Crippen LogP contribution in [0.3, 0.4) is 0 Å². The van der Waals surface area contributed by atoms with Gasteiger partial charge in [-0.2, -0.15) is 0 Å². The van der Waals surface area contributed by atoms with E-state index < -0.39 is 0 Å². The lowest BCUT2D eigenvalue weighted by molar-refractivity contribution is 0.0598. The summed E-state index contributed by atoms with van der Waals surface area (Å²) in [6.45, 7) is 3.42. The molecule has 0 aliphatic carbocycles. The van der Waals surface area contributed by atoms with Crippen LogP contribution in [0.15, 0.2) is 36.8 Å². The molecule has 20 heavy (non-hydrogen) atoms. The van der Waals surface area contributed by atoms with E-state index in [2.05, 4.69) is 15.0 Å². The SMILES string of the molecule is CCc1ncc(C(=O)N2CC(c3ccccn3)C2)cn1. The van der Waals surface area contributed by atoms with Gasteiger partial charge in [-0.1, -0.05) is 13.0 Å². The zero-order valence-electron chi connectivity index (χ0n) is 11.4. The summed E-state index contributed by atoms with van der Waals surface area (Å²) in [5.74, 6) is 1.10. The summed E-state index contributed by atoms with van der Waals surface area (Å²) in [5, 5.41) is 0. The maximum atomic E-state index is 12.2. The van der Waals surface area contributed by atoms with Crippen LogP contribution in [-0.2, 0) is 6.42 Å². The van der Waals surface area contributed by atoms with Crippen LogP contribution >= 0.6 is 0 Å². The number of aryl methyl sites for hydroxylation is 1. The van der Waals surface area contributed by atoms with Crippen LogP contribution in [0.2, 0.25) is 0 Å². The molecule has 0 N–H and O–H groups in total. The van der Waals surface area contributed by atoms with E-state index >= 15 is 0 Å². The van der Waals surface area contributed by atoms with E-state index in [0.29, 0.717) is 24.6 Å². The van der Waals surface area contributed by atoms with Crippen LogP contribution < -0.4 is 0 Å². The maximum absolute atomic E-state index is 12.2. The van der Waals surface area contributed by atoms with Gasteiger partial charge in [0.25, 0.3) is 5.91 Å². The molecule has 3 rings (SSSR count). The predicted molar refractivity (Wildman–Crippen MR) is 74.3 cm³/mol. The Bertz CT molecular complexity index is 591. The number of hydrogen-bond donors (Lipinski definition) is 0. The molecular formula is C15H16N4O. The number of hydrogen-bond acceptors (Lipinski definition) is 4. The molecule has 0 aromatic carbocycles. The zero-order chi connectivity index (χ0) is 13.9. The third kappa shape index (κ3) is 2.39. The van der Waals surface area contributed by atoms with Crippen LogP contribution in [0.4, 0.5) is 0 Å². The Morgan fingerprint density at radius 2 is 2.00 bits per heavy atom. The third-order valence-corrected chi connectivity index (χ3v) is 3.54. The van der Waals surface area contributed by atoms with E-state index in [4.69, 9.17) is 0 Å². The van der Waals surface area contributed by atoms with Gasteiger partial charge in [0.1, 0.15) is 5.82 Å². The number of aromatic nitrogens is 3. The van der Waals surface area contributed by atoms with Gasteiger partial charge in [-0.05, 0) is 12.1 Å². The van der Waals surface area contributed by atoms with Crippen molar-refractivity contribution in [1.82, 2.24) is 19.9 Å². The van der Waals surface area contributed by atoms with Crippen molar-refractivity contribution in [2.45, 2.75) is 19.3 Å². The van der Waals surface area contributed by atoms with Crippen LogP contribution in [-0.4, -0.2) is 38.8 Å².